The van der Waals surface area contributed by atoms with Gasteiger partial charge in [-0.1, -0.05) is 157 Å². The number of aliphatic carboxylic acids is 1. The van der Waals surface area contributed by atoms with E-state index in [1.807, 2.05) is 0 Å². The van der Waals surface area contributed by atoms with Crippen LogP contribution in [-0.4, -0.2) is 47.6 Å². The number of carboxylic acids is 1. The Hall–Kier alpha value is -2.38. The number of rotatable bonds is 25. The Morgan fingerprint density at radius 2 is 1.28 bits per heavy atom. The molecule has 0 bridgehead atoms. The van der Waals surface area contributed by atoms with Crippen molar-refractivity contribution in [2.45, 2.75) is 261 Å². The highest BCUT2D eigenvalue weighted by atomic mass is 16.5. The van der Waals surface area contributed by atoms with E-state index in [1.165, 1.54) is 64.7 Å². The molecule has 0 unspecified atom stereocenters. The number of carbonyl (C=O) groups is 4. The van der Waals surface area contributed by atoms with Crippen LogP contribution < -0.4 is 10.6 Å². The van der Waals surface area contributed by atoms with Gasteiger partial charge in [0, 0.05) is 24.8 Å². The van der Waals surface area contributed by atoms with E-state index in [4.69, 9.17) is 9.84 Å². The summed E-state index contributed by atoms with van der Waals surface area (Å²) in [6, 6.07) is -0.841. The van der Waals surface area contributed by atoms with Gasteiger partial charge >= 0.3 is 11.9 Å². The molecule has 4 saturated carbocycles. The summed E-state index contributed by atoms with van der Waals surface area (Å²) in [5.74, 6) is 0.521. The second-order valence-corrected chi connectivity index (χ2v) is 24.3. The Morgan fingerprint density at radius 3 is 1.91 bits per heavy atom. The predicted octanol–water partition coefficient (Wildman–Crippen LogP) is 13.8. The molecular formula is C56H96N2O6. The molecule has 0 heterocycles. The molecule has 8 heteroatoms. The van der Waals surface area contributed by atoms with Crippen LogP contribution in [0, 0.1) is 50.2 Å². The number of ether oxygens (including phenoxy) is 1. The van der Waals surface area contributed by atoms with Gasteiger partial charge in [-0.05, 0) is 130 Å². The molecule has 0 aliphatic heterocycles. The Labute approximate surface area is 391 Å². The molecule has 64 heavy (non-hydrogen) atoms. The Balaban J connectivity index is 1.13. The summed E-state index contributed by atoms with van der Waals surface area (Å²) >= 11 is 0. The zero-order chi connectivity index (χ0) is 46.8. The highest BCUT2D eigenvalue weighted by Gasteiger charge is 2.69. The van der Waals surface area contributed by atoms with Crippen molar-refractivity contribution in [3.8, 4) is 0 Å². The van der Waals surface area contributed by atoms with Gasteiger partial charge < -0.3 is 20.5 Å². The number of fused-ring (bicyclic) bond motifs is 7. The molecule has 3 N–H and O–H groups in total. The number of hydrogen-bond donors (Lipinski definition) is 3. The molecule has 0 radical (unpaired) electrons. The first kappa shape index (κ1) is 52.6. The minimum atomic E-state index is -1.01. The van der Waals surface area contributed by atoms with E-state index in [0.29, 0.717) is 36.5 Å². The van der Waals surface area contributed by atoms with Gasteiger partial charge in [-0.15, -0.1) is 0 Å². The zero-order valence-corrected chi connectivity index (χ0v) is 42.7. The van der Waals surface area contributed by atoms with Crippen molar-refractivity contribution in [2.24, 2.45) is 50.2 Å². The van der Waals surface area contributed by atoms with E-state index in [0.717, 1.165) is 122 Å². The smallest absolute Gasteiger partial charge is 0.325 e. The molecule has 5 aliphatic carbocycles. The van der Waals surface area contributed by atoms with Gasteiger partial charge in [0.1, 0.15) is 12.1 Å². The third-order valence-corrected chi connectivity index (χ3v) is 19.2. The van der Waals surface area contributed by atoms with Gasteiger partial charge in [-0.3, -0.25) is 19.2 Å². The molecule has 5 aliphatic rings. The molecule has 9 atom stereocenters. The molecule has 2 amide bonds. The first-order valence-electron chi connectivity index (χ1n) is 27.0. The highest BCUT2D eigenvalue weighted by molar-refractivity contribution is 5.84. The standard InChI is InChI=1S/C56H96N2O6/c1-10-11-12-13-14-15-19-22-25-28-48(60)64-46-32-33-53(7)44(52(46,5)6)31-34-55(9)45(53)30-29-42-43-40-51(3,4)35-37-56(43,38-36-54(42,55)8)50(63)57-39-26-23-20-17-16-18-21-24-27-47(59)58-41(2)49(61)62/h29,41,43-46H,10-28,30-40H2,1-9H3,(H,57,63)(H,58,59)(H,61,62)/t41-,43-,44-,45+,46-,53-,54+,55+,56-/m0/s1. The van der Waals surface area contributed by atoms with Gasteiger partial charge in [0.2, 0.25) is 11.8 Å². The summed E-state index contributed by atoms with van der Waals surface area (Å²) in [6.45, 7) is 22.1. The van der Waals surface area contributed by atoms with E-state index in [-0.39, 0.29) is 50.5 Å². The van der Waals surface area contributed by atoms with Gasteiger partial charge in [-0.25, -0.2) is 0 Å². The van der Waals surface area contributed by atoms with E-state index in [2.05, 4.69) is 72.1 Å². The largest absolute Gasteiger partial charge is 0.480 e. The van der Waals surface area contributed by atoms with Crippen LogP contribution in [0.25, 0.3) is 0 Å². The number of esters is 1. The topological polar surface area (TPSA) is 122 Å². The maximum atomic E-state index is 14.6. The molecule has 366 valence electrons. The molecule has 0 saturated heterocycles. The molecule has 4 fully saturated rings. The van der Waals surface area contributed by atoms with Crippen LogP contribution in [0.15, 0.2) is 11.6 Å². The van der Waals surface area contributed by atoms with Crippen LogP contribution >= 0.6 is 0 Å². The number of carbonyl (C=O) groups excluding carboxylic acids is 3. The van der Waals surface area contributed by atoms with Gasteiger partial charge in [0.05, 0.1) is 5.41 Å². The summed E-state index contributed by atoms with van der Waals surface area (Å²) in [7, 11) is 0. The average molecular weight is 893 g/mol. The van der Waals surface area contributed by atoms with Gasteiger partial charge in [-0.2, -0.15) is 0 Å². The normalized spacial score (nSPS) is 33.0. The number of carboxylic acid groups (broad SMARTS) is 1. The maximum absolute atomic E-state index is 14.6. The van der Waals surface area contributed by atoms with E-state index < -0.39 is 12.0 Å². The van der Waals surface area contributed by atoms with Crippen molar-refractivity contribution in [1.29, 1.82) is 0 Å². The SMILES string of the molecule is CCCCCCCCCCCC(=O)O[C@H]1CC[C@]2(C)[C@H]3CC=C4[C@@H]5CC(C)(C)CC[C@]5(C(=O)NCCCCCCCCCCC(=O)N[C@@H](C)C(=O)O)CC[C@@]4(C)[C@]3(C)CC[C@H]2C1(C)C. The second-order valence-electron chi connectivity index (χ2n) is 24.3. The lowest BCUT2D eigenvalue weighted by Crippen LogP contribution is -2.65. The van der Waals surface area contributed by atoms with Crippen molar-refractivity contribution in [2.75, 3.05) is 6.54 Å². The molecule has 0 aromatic rings. The van der Waals surface area contributed by atoms with Crippen LogP contribution in [-0.2, 0) is 23.9 Å². The first-order chi connectivity index (χ1) is 30.3. The Morgan fingerprint density at radius 1 is 0.703 bits per heavy atom. The summed E-state index contributed by atoms with van der Waals surface area (Å²) in [6.07, 6.45) is 34.1. The Kier molecular flexibility index (Phi) is 18.6. The lowest BCUT2D eigenvalue weighted by molar-refractivity contribution is -0.213. The maximum Gasteiger partial charge on any atom is 0.325 e. The fraction of sp³-hybridized carbons (Fsp3) is 0.893. The van der Waals surface area contributed by atoms with Crippen molar-refractivity contribution < 1.29 is 29.0 Å². The van der Waals surface area contributed by atoms with Crippen molar-refractivity contribution in [3.05, 3.63) is 11.6 Å². The average Bonchev–Trinajstić information content (AvgIpc) is 3.23. The minimum Gasteiger partial charge on any atom is -0.480 e. The molecule has 5 rings (SSSR count). The number of nitrogens with one attached hydrogen (secondary N) is 2. The van der Waals surface area contributed by atoms with Crippen LogP contribution in [0.2, 0.25) is 0 Å². The van der Waals surface area contributed by atoms with Crippen molar-refractivity contribution >= 4 is 23.8 Å². The third-order valence-electron chi connectivity index (χ3n) is 19.2. The number of amides is 2. The monoisotopic (exact) mass is 893 g/mol. The first-order valence-corrected chi connectivity index (χ1v) is 27.0. The van der Waals surface area contributed by atoms with Crippen LogP contribution in [0.1, 0.15) is 249 Å². The molecule has 0 aromatic carbocycles. The molecule has 0 aromatic heterocycles. The van der Waals surface area contributed by atoms with Crippen LogP contribution in [0.5, 0.6) is 0 Å². The lowest BCUT2D eigenvalue weighted by Gasteiger charge is -2.71. The third kappa shape index (κ3) is 11.8. The van der Waals surface area contributed by atoms with E-state index >= 15 is 0 Å². The van der Waals surface area contributed by atoms with Crippen LogP contribution in [0.4, 0.5) is 0 Å². The summed E-state index contributed by atoms with van der Waals surface area (Å²) in [5, 5.41) is 15.0. The van der Waals surface area contributed by atoms with Gasteiger partial charge in [0.15, 0.2) is 0 Å². The summed E-state index contributed by atoms with van der Waals surface area (Å²) < 4.78 is 6.43. The highest BCUT2D eigenvalue weighted by Crippen LogP contribution is 2.76. The van der Waals surface area contributed by atoms with Crippen molar-refractivity contribution in [3.63, 3.8) is 0 Å². The quantitative estimate of drug-likeness (QED) is 0.0477. The predicted molar refractivity (Wildman–Crippen MR) is 261 cm³/mol. The minimum absolute atomic E-state index is 0.00827. The van der Waals surface area contributed by atoms with E-state index in [1.54, 1.807) is 5.57 Å². The molecular weight excluding hydrogens is 797 g/mol. The van der Waals surface area contributed by atoms with Gasteiger partial charge in [0.25, 0.3) is 0 Å². The lowest BCUT2D eigenvalue weighted by atomic mass is 9.33. The molecule has 8 nitrogen and oxygen atoms in total. The van der Waals surface area contributed by atoms with E-state index in [9.17, 15) is 19.2 Å². The number of unbranched alkanes of at least 4 members (excludes halogenated alkanes) is 15. The second kappa shape index (κ2) is 22.6. The van der Waals surface area contributed by atoms with Crippen molar-refractivity contribution in [1.82, 2.24) is 10.6 Å². The number of allylic oxidation sites excluding steroid dienone is 2. The summed E-state index contributed by atoms with van der Waals surface area (Å²) in [4.78, 5) is 50.8. The molecule has 0 spiro atoms. The number of hydrogen-bond acceptors (Lipinski definition) is 5. The summed E-state index contributed by atoms with van der Waals surface area (Å²) in [5.41, 5.74) is 1.88. The van der Waals surface area contributed by atoms with Crippen LogP contribution in [0.3, 0.4) is 0 Å². The zero-order valence-electron chi connectivity index (χ0n) is 42.7. The fourth-order valence-corrected chi connectivity index (χ4v) is 14.9. The Bertz CT molecular complexity index is 1600. The fourth-order valence-electron chi connectivity index (χ4n) is 14.9.